The van der Waals surface area contributed by atoms with Crippen LogP contribution in [0.4, 0.5) is 5.88 Å². The van der Waals surface area contributed by atoms with Gasteiger partial charge in [0.2, 0.25) is 0 Å². The summed E-state index contributed by atoms with van der Waals surface area (Å²) >= 11 is 0. The van der Waals surface area contributed by atoms with Gasteiger partial charge in [0.1, 0.15) is 17.2 Å². The minimum atomic E-state index is -0.620. The molecule has 0 bridgehead atoms. The topological polar surface area (TPSA) is 113 Å². The Morgan fingerprint density at radius 2 is 2.30 bits per heavy atom. The Hall–Kier alpha value is -2.71. The zero-order valence-electron chi connectivity index (χ0n) is 10.9. The highest BCUT2D eigenvalue weighted by atomic mass is 16.6. The summed E-state index contributed by atoms with van der Waals surface area (Å²) in [6.07, 6.45) is 0.514. The van der Waals surface area contributed by atoms with Gasteiger partial charge >= 0.3 is 11.9 Å². The SMILES string of the molecule is CCc1c(C(=O)OC)nnn1Cc1ccc([N+](=O)[O-])o1. The molecule has 0 aliphatic heterocycles. The van der Waals surface area contributed by atoms with Crippen LogP contribution in [0, 0.1) is 10.1 Å². The van der Waals surface area contributed by atoms with E-state index in [-0.39, 0.29) is 18.1 Å². The van der Waals surface area contributed by atoms with Gasteiger partial charge in [-0.05, 0) is 12.5 Å². The van der Waals surface area contributed by atoms with Crippen LogP contribution in [0.5, 0.6) is 0 Å². The third-order valence-corrected chi connectivity index (χ3v) is 2.68. The van der Waals surface area contributed by atoms with E-state index in [1.165, 1.54) is 23.9 Å². The van der Waals surface area contributed by atoms with E-state index in [1.807, 2.05) is 6.92 Å². The number of aromatic nitrogens is 3. The molecule has 0 fully saturated rings. The van der Waals surface area contributed by atoms with E-state index in [0.717, 1.165) is 0 Å². The molecular weight excluding hydrogens is 268 g/mol. The summed E-state index contributed by atoms with van der Waals surface area (Å²) in [4.78, 5) is 21.4. The van der Waals surface area contributed by atoms with E-state index in [0.29, 0.717) is 17.9 Å². The molecule has 20 heavy (non-hydrogen) atoms. The van der Waals surface area contributed by atoms with Crippen molar-refractivity contribution in [1.29, 1.82) is 0 Å². The predicted octanol–water partition coefficient (Wildman–Crippen LogP) is 1.18. The molecule has 2 aromatic heterocycles. The van der Waals surface area contributed by atoms with Gasteiger partial charge in [0.25, 0.3) is 0 Å². The summed E-state index contributed by atoms with van der Waals surface area (Å²) in [6, 6.07) is 2.75. The number of carbonyl (C=O) groups excluding carboxylic acids is 1. The number of ether oxygens (including phenoxy) is 1. The Balaban J connectivity index is 2.26. The van der Waals surface area contributed by atoms with Crippen LogP contribution in [0.3, 0.4) is 0 Å². The number of nitro groups is 1. The first kappa shape index (κ1) is 13.7. The normalized spacial score (nSPS) is 10.5. The van der Waals surface area contributed by atoms with Crippen molar-refractivity contribution < 1.29 is 18.9 Å². The minimum Gasteiger partial charge on any atom is -0.464 e. The van der Waals surface area contributed by atoms with Gasteiger partial charge in [-0.1, -0.05) is 12.1 Å². The van der Waals surface area contributed by atoms with Gasteiger partial charge in [-0.2, -0.15) is 0 Å². The molecule has 0 N–H and O–H groups in total. The second-order valence-corrected chi connectivity index (χ2v) is 3.88. The van der Waals surface area contributed by atoms with Crippen molar-refractivity contribution in [2.45, 2.75) is 19.9 Å². The van der Waals surface area contributed by atoms with Crippen LogP contribution >= 0.6 is 0 Å². The number of esters is 1. The van der Waals surface area contributed by atoms with E-state index in [4.69, 9.17) is 4.42 Å². The highest BCUT2D eigenvalue weighted by molar-refractivity contribution is 5.88. The predicted molar refractivity (Wildman–Crippen MR) is 65.2 cm³/mol. The molecule has 0 unspecified atom stereocenters. The molecule has 0 saturated heterocycles. The lowest BCUT2D eigenvalue weighted by Crippen LogP contribution is -2.09. The minimum absolute atomic E-state index is 0.135. The van der Waals surface area contributed by atoms with Gasteiger partial charge < -0.3 is 9.15 Å². The lowest BCUT2D eigenvalue weighted by molar-refractivity contribution is -0.402. The third kappa shape index (κ3) is 2.51. The summed E-state index contributed by atoms with van der Waals surface area (Å²) in [7, 11) is 1.26. The Morgan fingerprint density at radius 1 is 1.55 bits per heavy atom. The third-order valence-electron chi connectivity index (χ3n) is 2.68. The van der Waals surface area contributed by atoms with E-state index in [2.05, 4.69) is 15.0 Å². The summed E-state index contributed by atoms with van der Waals surface area (Å²) in [5.74, 6) is -0.558. The Labute approximate surface area is 113 Å². The molecule has 0 atom stereocenters. The molecule has 2 aromatic rings. The molecule has 9 heteroatoms. The zero-order valence-corrected chi connectivity index (χ0v) is 10.9. The zero-order chi connectivity index (χ0) is 14.7. The van der Waals surface area contributed by atoms with Gasteiger partial charge in [-0.3, -0.25) is 10.1 Å². The smallest absolute Gasteiger partial charge is 0.433 e. The van der Waals surface area contributed by atoms with Crippen molar-refractivity contribution in [3.8, 4) is 0 Å². The van der Waals surface area contributed by atoms with Crippen molar-refractivity contribution in [3.63, 3.8) is 0 Å². The summed E-state index contributed by atoms with van der Waals surface area (Å²) < 4.78 is 11.1. The van der Waals surface area contributed by atoms with E-state index in [9.17, 15) is 14.9 Å². The van der Waals surface area contributed by atoms with E-state index >= 15 is 0 Å². The van der Waals surface area contributed by atoms with Gasteiger partial charge in [-0.15, -0.1) is 5.10 Å². The standard InChI is InChI=1S/C11H12N4O5/c1-3-8-10(11(16)19-2)12-13-14(8)6-7-4-5-9(20-7)15(17)18/h4-5H,3,6H2,1-2H3. The molecule has 2 heterocycles. The molecule has 0 aliphatic rings. The average Bonchev–Trinajstić information content (AvgIpc) is 3.05. The van der Waals surface area contributed by atoms with E-state index < -0.39 is 10.9 Å². The molecule has 0 spiro atoms. The summed E-state index contributed by atoms with van der Waals surface area (Å²) in [5, 5.41) is 18.1. The van der Waals surface area contributed by atoms with E-state index in [1.54, 1.807) is 0 Å². The fourth-order valence-corrected chi connectivity index (χ4v) is 1.76. The highest BCUT2D eigenvalue weighted by Crippen LogP contribution is 2.17. The summed E-state index contributed by atoms with van der Waals surface area (Å²) in [5.41, 5.74) is 0.715. The average molecular weight is 280 g/mol. The fraction of sp³-hybridized carbons (Fsp3) is 0.364. The van der Waals surface area contributed by atoms with Crippen LogP contribution in [0.2, 0.25) is 0 Å². The molecule has 2 rings (SSSR count). The van der Waals surface area contributed by atoms with Gasteiger partial charge in [-0.25, -0.2) is 9.48 Å². The van der Waals surface area contributed by atoms with Crippen LogP contribution in [0.15, 0.2) is 16.5 Å². The monoisotopic (exact) mass is 280 g/mol. The number of carbonyl (C=O) groups is 1. The summed E-state index contributed by atoms with van der Waals surface area (Å²) in [6.45, 7) is 1.99. The van der Waals surface area contributed by atoms with Gasteiger partial charge in [0, 0.05) is 0 Å². The number of furan rings is 1. The highest BCUT2D eigenvalue weighted by Gasteiger charge is 2.20. The first-order chi connectivity index (χ1) is 9.56. The second-order valence-electron chi connectivity index (χ2n) is 3.88. The first-order valence-electron chi connectivity index (χ1n) is 5.80. The molecule has 0 aliphatic carbocycles. The Kier molecular flexibility index (Phi) is 3.78. The maximum Gasteiger partial charge on any atom is 0.433 e. The second kappa shape index (κ2) is 5.51. The Morgan fingerprint density at radius 3 is 2.85 bits per heavy atom. The van der Waals surface area contributed by atoms with Crippen LogP contribution in [-0.2, 0) is 17.7 Å². The number of hydrogen-bond donors (Lipinski definition) is 0. The molecule has 9 nitrogen and oxygen atoms in total. The maximum atomic E-state index is 11.5. The Bertz CT molecular complexity index is 645. The fourth-order valence-electron chi connectivity index (χ4n) is 1.76. The van der Waals surface area contributed by atoms with Crippen LogP contribution in [0.25, 0.3) is 0 Å². The van der Waals surface area contributed by atoms with Gasteiger partial charge in [0.05, 0.1) is 18.9 Å². The van der Waals surface area contributed by atoms with Crippen molar-refractivity contribution in [1.82, 2.24) is 15.0 Å². The van der Waals surface area contributed by atoms with Crippen molar-refractivity contribution in [2.75, 3.05) is 7.11 Å². The number of nitrogens with zero attached hydrogens (tertiary/aromatic N) is 4. The molecule has 0 radical (unpaired) electrons. The van der Waals surface area contributed by atoms with Crippen LogP contribution in [-0.4, -0.2) is 33.0 Å². The van der Waals surface area contributed by atoms with Crippen LogP contribution < -0.4 is 0 Å². The van der Waals surface area contributed by atoms with Crippen molar-refractivity contribution in [2.24, 2.45) is 0 Å². The lowest BCUT2D eigenvalue weighted by Gasteiger charge is -2.03. The first-order valence-corrected chi connectivity index (χ1v) is 5.80. The molecule has 106 valence electrons. The molecular formula is C11H12N4O5. The molecule has 0 amide bonds. The molecule has 0 aromatic carbocycles. The van der Waals surface area contributed by atoms with Crippen molar-refractivity contribution in [3.05, 3.63) is 39.4 Å². The molecule has 0 saturated carbocycles. The lowest BCUT2D eigenvalue weighted by atomic mass is 10.2. The number of rotatable bonds is 5. The van der Waals surface area contributed by atoms with Gasteiger partial charge in [0.15, 0.2) is 5.69 Å². The van der Waals surface area contributed by atoms with Crippen molar-refractivity contribution >= 4 is 11.9 Å². The number of hydrogen-bond acceptors (Lipinski definition) is 7. The quantitative estimate of drug-likeness (QED) is 0.459. The van der Waals surface area contributed by atoms with Crippen LogP contribution in [0.1, 0.15) is 28.9 Å². The number of methoxy groups -OCH3 is 1. The maximum absolute atomic E-state index is 11.5. The largest absolute Gasteiger partial charge is 0.464 e.